The van der Waals surface area contributed by atoms with E-state index in [2.05, 4.69) is 228 Å². The van der Waals surface area contributed by atoms with Gasteiger partial charge in [-0.05, 0) is 100 Å². The summed E-state index contributed by atoms with van der Waals surface area (Å²) in [6.45, 7) is 2.47. The molecule has 9 aromatic carbocycles. The molecule has 1 atom stereocenters. The first-order valence-electron chi connectivity index (χ1n) is 20.4. The van der Waals surface area contributed by atoms with Gasteiger partial charge in [-0.15, -0.1) is 0 Å². The molecule has 12 rings (SSSR count). The van der Waals surface area contributed by atoms with Crippen molar-refractivity contribution in [2.45, 2.75) is 22.1 Å². The van der Waals surface area contributed by atoms with Crippen LogP contribution in [0.25, 0.3) is 77.2 Å². The van der Waals surface area contributed by atoms with Crippen LogP contribution in [0, 0.1) is 0 Å². The van der Waals surface area contributed by atoms with E-state index in [-0.39, 0.29) is 0 Å². The maximum atomic E-state index is 2.48. The number of fused-ring (bicyclic) bond motifs is 10. The van der Waals surface area contributed by atoms with Gasteiger partial charge in [0.1, 0.15) is 0 Å². The molecule has 3 heterocycles. The summed E-state index contributed by atoms with van der Waals surface area (Å²) in [6, 6.07) is 78.0. The summed E-state index contributed by atoms with van der Waals surface area (Å²) in [4.78, 5) is 2.63. The van der Waals surface area contributed by atoms with E-state index in [0.717, 1.165) is 11.4 Å². The third-order valence-corrected chi connectivity index (χ3v) is 13.8. The molecule has 59 heavy (non-hydrogen) atoms. The minimum atomic E-state index is -0.452. The maximum Gasteiger partial charge on any atom is 0.0552 e. The number of aromatic nitrogens is 2. The summed E-state index contributed by atoms with van der Waals surface area (Å²) in [5, 5.41) is 5.16. The molecule has 0 aliphatic carbocycles. The van der Waals surface area contributed by atoms with E-state index >= 15 is 0 Å². The lowest BCUT2D eigenvalue weighted by Gasteiger charge is -2.39. The van der Waals surface area contributed by atoms with Gasteiger partial charge in [0.25, 0.3) is 0 Å². The van der Waals surface area contributed by atoms with Gasteiger partial charge < -0.3 is 9.13 Å². The van der Waals surface area contributed by atoms with Gasteiger partial charge in [0.05, 0.1) is 22.1 Å². The van der Waals surface area contributed by atoms with Crippen molar-refractivity contribution in [1.29, 1.82) is 0 Å². The van der Waals surface area contributed by atoms with Crippen molar-refractivity contribution >= 4 is 55.4 Å². The second kappa shape index (κ2) is 13.2. The monoisotopic (exact) mass is 770 g/mol. The van der Waals surface area contributed by atoms with Crippen LogP contribution in [-0.2, 0) is 5.41 Å². The van der Waals surface area contributed by atoms with Gasteiger partial charge in [-0.3, -0.25) is 0 Å². The van der Waals surface area contributed by atoms with Crippen molar-refractivity contribution in [3.05, 3.63) is 229 Å². The molecule has 0 spiro atoms. The Morgan fingerprint density at radius 1 is 0.390 bits per heavy atom. The van der Waals surface area contributed by atoms with Crippen LogP contribution in [0.4, 0.5) is 0 Å². The van der Waals surface area contributed by atoms with Crippen molar-refractivity contribution in [3.8, 4) is 33.6 Å². The summed E-state index contributed by atoms with van der Waals surface area (Å²) in [7, 11) is 0. The Hall–Kier alpha value is -7.07. The van der Waals surface area contributed by atoms with Crippen LogP contribution in [0.2, 0.25) is 0 Å². The molecule has 0 saturated carbocycles. The lowest BCUT2D eigenvalue weighted by molar-refractivity contribution is 0.665. The molecular weight excluding hydrogens is 733 g/mol. The van der Waals surface area contributed by atoms with Crippen LogP contribution in [0.3, 0.4) is 0 Å². The molecule has 0 saturated heterocycles. The lowest BCUT2D eigenvalue weighted by Crippen LogP contribution is -2.29. The number of hydrogen-bond acceptors (Lipinski definition) is 1. The number of nitrogens with zero attached hydrogens (tertiary/aromatic N) is 2. The van der Waals surface area contributed by atoms with Gasteiger partial charge in [0, 0.05) is 48.1 Å². The van der Waals surface area contributed by atoms with Gasteiger partial charge in [-0.2, -0.15) is 0 Å². The summed E-state index contributed by atoms with van der Waals surface area (Å²) >= 11 is 1.94. The number of benzene rings is 9. The number of rotatable bonds is 5. The third kappa shape index (κ3) is 5.08. The fraction of sp³-hybridized carbons (Fsp3) is 0.0357. The first-order chi connectivity index (χ1) is 29.2. The van der Waals surface area contributed by atoms with E-state index in [4.69, 9.17) is 0 Å². The Kier molecular flexibility index (Phi) is 7.63. The SMILES string of the molecule is CC1(c2ccccc2)c2ccc3c(c2Sc2ccc4c(c21)c1ccccc1n4-c1cccc(-c2ccccc2)c1)c1ccccc1n3-c1ccc(-c2ccccc2)cc1. The van der Waals surface area contributed by atoms with Crippen molar-refractivity contribution in [2.75, 3.05) is 0 Å². The average molecular weight is 771 g/mol. The molecule has 0 N–H and O–H groups in total. The predicted octanol–water partition coefficient (Wildman–Crippen LogP) is 15.0. The van der Waals surface area contributed by atoms with Gasteiger partial charge >= 0.3 is 0 Å². The summed E-state index contributed by atoms with van der Waals surface area (Å²) in [6.07, 6.45) is 0. The summed E-state index contributed by atoms with van der Waals surface area (Å²) < 4.78 is 4.93. The molecule has 1 unspecified atom stereocenters. The quantitative estimate of drug-likeness (QED) is 0.169. The zero-order valence-corrected chi connectivity index (χ0v) is 33.3. The smallest absolute Gasteiger partial charge is 0.0552 e. The van der Waals surface area contributed by atoms with Crippen molar-refractivity contribution in [2.24, 2.45) is 0 Å². The minimum absolute atomic E-state index is 0.452. The molecule has 0 amide bonds. The fourth-order valence-corrected chi connectivity index (χ4v) is 11.4. The average Bonchev–Trinajstić information content (AvgIpc) is 3.83. The Labute approximate surface area is 347 Å². The molecule has 1 aliphatic heterocycles. The van der Waals surface area contributed by atoms with Crippen LogP contribution >= 0.6 is 11.8 Å². The van der Waals surface area contributed by atoms with E-state index in [1.807, 2.05) is 11.8 Å². The molecule has 11 aromatic rings. The van der Waals surface area contributed by atoms with E-state index in [1.165, 1.54) is 92.3 Å². The highest BCUT2D eigenvalue weighted by Gasteiger charge is 2.42. The summed E-state index contributed by atoms with van der Waals surface area (Å²) in [5.74, 6) is 0. The molecule has 0 bridgehead atoms. The highest BCUT2D eigenvalue weighted by Crippen LogP contribution is 2.58. The first kappa shape index (κ1) is 34.0. The second-order valence-corrected chi connectivity index (χ2v) is 16.8. The molecule has 3 heteroatoms. The Bertz CT molecular complexity index is 3400. The van der Waals surface area contributed by atoms with Crippen molar-refractivity contribution in [1.82, 2.24) is 9.13 Å². The van der Waals surface area contributed by atoms with Gasteiger partial charge in [0.2, 0.25) is 0 Å². The van der Waals surface area contributed by atoms with Gasteiger partial charge in [0.15, 0.2) is 0 Å². The molecule has 2 aromatic heterocycles. The van der Waals surface area contributed by atoms with Crippen LogP contribution < -0.4 is 0 Å². The van der Waals surface area contributed by atoms with E-state index in [1.54, 1.807) is 0 Å². The molecule has 278 valence electrons. The first-order valence-corrected chi connectivity index (χ1v) is 21.2. The Morgan fingerprint density at radius 3 is 1.61 bits per heavy atom. The second-order valence-electron chi connectivity index (χ2n) is 15.8. The topological polar surface area (TPSA) is 9.86 Å². The number of hydrogen-bond donors (Lipinski definition) is 0. The number of para-hydroxylation sites is 2. The van der Waals surface area contributed by atoms with Crippen molar-refractivity contribution < 1.29 is 0 Å². The zero-order chi connectivity index (χ0) is 39.1. The van der Waals surface area contributed by atoms with Gasteiger partial charge in [-0.1, -0.05) is 169 Å². The molecule has 0 radical (unpaired) electrons. The van der Waals surface area contributed by atoms with Crippen LogP contribution in [0.5, 0.6) is 0 Å². The van der Waals surface area contributed by atoms with E-state index in [9.17, 15) is 0 Å². The highest BCUT2D eigenvalue weighted by molar-refractivity contribution is 7.99. The van der Waals surface area contributed by atoms with E-state index < -0.39 is 5.41 Å². The zero-order valence-electron chi connectivity index (χ0n) is 32.5. The standard InChI is InChI=1S/C56H38N2S/c1-56(41-21-9-4-10-22-41)46-32-33-50-53(45-25-12-14-27-48(45)57(50)42-30-28-39(29-31-42)37-16-5-2-6-17-37)55(46)59-51-35-34-49-52(54(51)56)44-24-11-13-26-47(44)58(49)43-23-15-20-40(36-43)38-18-7-3-8-19-38/h2-36H,1H3. The van der Waals surface area contributed by atoms with Crippen LogP contribution in [0.15, 0.2) is 222 Å². The minimum Gasteiger partial charge on any atom is -0.309 e. The molecule has 2 nitrogen and oxygen atoms in total. The third-order valence-electron chi connectivity index (χ3n) is 12.6. The summed E-state index contributed by atoms with van der Waals surface area (Å²) in [5.41, 5.74) is 15.6. The predicted molar refractivity (Wildman–Crippen MR) is 249 cm³/mol. The molecular formula is C56H38N2S. The van der Waals surface area contributed by atoms with Crippen LogP contribution in [0.1, 0.15) is 23.6 Å². The van der Waals surface area contributed by atoms with Crippen molar-refractivity contribution in [3.63, 3.8) is 0 Å². The molecule has 1 aliphatic rings. The fourth-order valence-electron chi connectivity index (χ4n) is 9.91. The Balaban J connectivity index is 1.12. The normalized spacial score (nSPS) is 14.9. The van der Waals surface area contributed by atoms with Gasteiger partial charge in [-0.25, -0.2) is 0 Å². The lowest BCUT2D eigenvalue weighted by atomic mass is 9.69. The molecule has 0 fully saturated rings. The Morgan fingerprint density at radius 2 is 0.915 bits per heavy atom. The van der Waals surface area contributed by atoms with E-state index in [0.29, 0.717) is 0 Å². The van der Waals surface area contributed by atoms with Crippen LogP contribution in [-0.4, -0.2) is 9.13 Å². The maximum absolute atomic E-state index is 2.48. The highest BCUT2D eigenvalue weighted by atomic mass is 32.2. The largest absolute Gasteiger partial charge is 0.309 e.